The van der Waals surface area contributed by atoms with Crippen LogP contribution in [-0.2, 0) is 30.6 Å². The predicted molar refractivity (Wildman–Crippen MR) is 168 cm³/mol. The smallest absolute Gasteiger partial charge is 0.171 e. The fourth-order valence-electron chi connectivity index (χ4n) is 2.57. The highest BCUT2D eigenvalue weighted by molar-refractivity contribution is 5.07. The van der Waals surface area contributed by atoms with Crippen molar-refractivity contribution in [3.8, 4) is 0 Å². The van der Waals surface area contributed by atoms with Gasteiger partial charge in [0.05, 0.1) is 34.4 Å². The van der Waals surface area contributed by atoms with E-state index in [-0.39, 0.29) is 16.5 Å². The Morgan fingerprint density at radius 2 is 1.17 bits per heavy atom. The zero-order valence-electron chi connectivity index (χ0n) is 29.5. The fraction of sp³-hybridized carbons (Fsp3) is 0.759. The van der Waals surface area contributed by atoms with Gasteiger partial charge in [0.1, 0.15) is 0 Å². The van der Waals surface area contributed by atoms with Gasteiger partial charge < -0.3 is 0 Å². The lowest BCUT2D eigenvalue weighted by Crippen LogP contribution is -2.24. The van der Waals surface area contributed by atoms with Crippen LogP contribution in [0.15, 0.2) is 18.6 Å². The van der Waals surface area contributed by atoms with E-state index in [2.05, 4.69) is 116 Å². The minimum Gasteiger partial charge on any atom is -0.256 e. The molecule has 42 heavy (non-hydrogen) atoms. The summed E-state index contributed by atoms with van der Waals surface area (Å²) in [5.74, 6) is 0.718. The van der Waals surface area contributed by atoms with E-state index < -0.39 is 0 Å². The van der Waals surface area contributed by atoms with Crippen LogP contribution in [0.4, 0.5) is 0 Å². The number of tetrazole rings is 1. The van der Waals surface area contributed by atoms with E-state index in [9.17, 15) is 0 Å². The molecule has 0 amide bonds. The Morgan fingerprint density at radius 1 is 0.619 bits per heavy atom. The summed E-state index contributed by atoms with van der Waals surface area (Å²) in [6.07, 6.45) is 5.36. The summed E-state index contributed by atoms with van der Waals surface area (Å²) in [6.45, 7) is 33.4. The van der Waals surface area contributed by atoms with Gasteiger partial charge in [0.15, 0.2) is 5.82 Å². The molecule has 0 N–H and O–H groups in total. The van der Waals surface area contributed by atoms with E-state index in [4.69, 9.17) is 0 Å². The topological polar surface area (TPSA) is 136 Å². The van der Waals surface area contributed by atoms with Gasteiger partial charge in [0.2, 0.25) is 0 Å². The first-order chi connectivity index (χ1) is 18.8. The Kier molecular flexibility index (Phi) is 14.3. The standard InChI is InChI=1S/C8H15N3.C7H13N3.C6H12N4.C5H12.C3H5N3/c1-6-7(2)11(10-9-6)8(3,4)5;1-7(2,3)6-5-10(4)9-8-6;1-5-7-9-10(8-5)6(2,3)4;1-5(2,3)4;1-6-3-2-4-5-6/h1-5H3;5H,1-4H3;1-4H3;1-4H3;2-3H,1H3. The van der Waals surface area contributed by atoms with Crippen LogP contribution < -0.4 is 0 Å². The molecule has 0 bridgehead atoms. The second kappa shape index (κ2) is 15.6. The highest BCUT2D eigenvalue weighted by atomic mass is 15.6. The van der Waals surface area contributed by atoms with Crippen LogP contribution in [0.3, 0.4) is 0 Å². The second-order valence-corrected chi connectivity index (χ2v) is 14.7. The number of nitrogens with zero attached hydrogens (tertiary/aromatic N) is 13. The van der Waals surface area contributed by atoms with Crippen molar-refractivity contribution in [1.29, 1.82) is 0 Å². The minimum absolute atomic E-state index is 0.0470. The molecule has 0 aliphatic rings. The van der Waals surface area contributed by atoms with Gasteiger partial charge in [0.25, 0.3) is 0 Å². The number of hydrogen-bond donors (Lipinski definition) is 0. The van der Waals surface area contributed by atoms with Crippen molar-refractivity contribution in [3.63, 3.8) is 0 Å². The van der Waals surface area contributed by atoms with Crippen LogP contribution in [0.5, 0.6) is 0 Å². The lowest BCUT2D eigenvalue weighted by Gasteiger charge is -2.19. The van der Waals surface area contributed by atoms with E-state index in [1.807, 2.05) is 66.5 Å². The number of hydrogen-bond acceptors (Lipinski definition) is 9. The molecular formula is C29H57N13. The average Bonchev–Trinajstić information content (AvgIpc) is 3.58. The van der Waals surface area contributed by atoms with E-state index in [1.54, 1.807) is 26.6 Å². The van der Waals surface area contributed by atoms with Crippen LogP contribution in [-0.4, -0.2) is 65.2 Å². The highest BCUT2D eigenvalue weighted by Crippen LogP contribution is 2.18. The third-order valence-electron chi connectivity index (χ3n) is 4.79. The molecule has 0 radical (unpaired) electrons. The summed E-state index contributed by atoms with van der Waals surface area (Å²) in [4.78, 5) is 1.61. The van der Waals surface area contributed by atoms with Gasteiger partial charge in [-0.15, -0.1) is 25.5 Å². The van der Waals surface area contributed by atoms with Gasteiger partial charge in [-0.25, -0.2) is 4.68 Å². The van der Waals surface area contributed by atoms with E-state index in [0.29, 0.717) is 5.41 Å². The molecule has 0 saturated heterocycles. The van der Waals surface area contributed by atoms with E-state index in [0.717, 1.165) is 22.9 Å². The third kappa shape index (κ3) is 16.7. The van der Waals surface area contributed by atoms with Gasteiger partial charge >= 0.3 is 0 Å². The molecule has 4 aromatic rings. The van der Waals surface area contributed by atoms with Crippen LogP contribution in [0.1, 0.15) is 113 Å². The first kappa shape index (κ1) is 38.5. The van der Waals surface area contributed by atoms with Crippen molar-refractivity contribution < 1.29 is 0 Å². The molecule has 13 nitrogen and oxygen atoms in total. The van der Waals surface area contributed by atoms with Crippen molar-refractivity contribution in [1.82, 2.24) is 65.2 Å². The summed E-state index contributed by atoms with van der Waals surface area (Å²) in [7, 11) is 3.70. The van der Waals surface area contributed by atoms with Crippen LogP contribution >= 0.6 is 0 Å². The van der Waals surface area contributed by atoms with Crippen molar-refractivity contribution >= 4 is 0 Å². The molecule has 238 valence electrons. The summed E-state index contributed by atoms with van der Waals surface area (Å²) < 4.78 is 5.31. The lowest BCUT2D eigenvalue weighted by molar-refractivity contribution is 0.305. The SMILES string of the molecule is CC(C)(C)C.Cc1nnn(C(C)(C)C)c1C.Cc1nnn(C(C)(C)C)n1.Cn1cc(C(C)(C)C)nn1.Cn1ccnn1. The Labute approximate surface area is 253 Å². The highest BCUT2D eigenvalue weighted by Gasteiger charge is 2.18. The number of aromatic nitrogens is 13. The van der Waals surface area contributed by atoms with Crippen molar-refractivity contribution in [2.24, 2.45) is 19.5 Å². The molecular weight excluding hydrogens is 530 g/mol. The van der Waals surface area contributed by atoms with Crippen molar-refractivity contribution in [3.05, 3.63) is 41.5 Å². The molecule has 13 heteroatoms. The van der Waals surface area contributed by atoms with Crippen LogP contribution in [0, 0.1) is 26.2 Å². The van der Waals surface area contributed by atoms with Gasteiger partial charge in [0, 0.05) is 31.9 Å². The molecule has 0 unspecified atom stereocenters. The molecule has 0 spiro atoms. The maximum atomic E-state index is 4.08. The maximum Gasteiger partial charge on any atom is 0.171 e. The molecule has 0 aliphatic heterocycles. The molecule has 4 rings (SSSR count). The zero-order chi connectivity index (χ0) is 33.1. The Hall–Kier alpha value is -3.51. The summed E-state index contributed by atoms with van der Waals surface area (Å²) in [5.41, 5.74) is 3.81. The quantitative estimate of drug-likeness (QED) is 0.266. The molecule has 0 aromatic carbocycles. The average molecular weight is 588 g/mol. The Balaban J connectivity index is 0.000000514. The number of rotatable bonds is 0. The number of aryl methyl sites for hydroxylation is 4. The first-order valence-electron chi connectivity index (χ1n) is 14.2. The van der Waals surface area contributed by atoms with Gasteiger partial charge in [-0.2, -0.15) is 4.80 Å². The third-order valence-corrected chi connectivity index (χ3v) is 4.79. The first-order valence-corrected chi connectivity index (χ1v) is 14.2. The summed E-state index contributed by atoms with van der Waals surface area (Å²) in [5, 5.41) is 34.7. The molecule has 4 heterocycles. The lowest BCUT2D eigenvalue weighted by atomic mass is 9.93. The molecule has 4 aromatic heterocycles. The monoisotopic (exact) mass is 587 g/mol. The van der Waals surface area contributed by atoms with E-state index in [1.165, 1.54) is 0 Å². The van der Waals surface area contributed by atoms with Crippen LogP contribution in [0.2, 0.25) is 0 Å². The normalized spacial score (nSPS) is 11.6. The molecule has 0 aliphatic carbocycles. The summed E-state index contributed by atoms with van der Waals surface area (Å²) >= 11 is 0. The maximum absolute atomic E-state index is 4.08. The van der Waals surface area contributed by atoms with Crippen molar-refractivity contribution in [2.75, 3.05) is 0 Å². The molecule has 0 atom stereocenters. The predicted octanol–water partition coefficient (Wildman–Crippen LogP) is 5.37. The zero-order valence-corrected chi connectivity index (χ0v) is 29.5. The fourth-order valence-corrected chi connectivity index (χ4v) is 2.57. The minimum atomic E-state index is -0.0543. The van der Waals surface area contributed by atoms with Gasteiger partial charge in [-0.1, -0.05) is 64.1 Å². The van der Waals surface area contributed by atoms with Crippen molar-refractivity contribution in [2.45, 2.75) is 127 Å². The Morgan fingerprint density at radius 3 is 1.33 bits per heavy atom. The molecule has 0 fully saturated rings. The van der Waals surface area contributed by atoms with E-state index >= 15 is 0 Å². The van der Waals surface area contributed by atoms with Crippen LogP contribution in [0.25, 0.3) is 0 Å². The second-order valence-electron chi connectivity index (χ2n) is 14.7. The van der Waals surface area contributed by atoms with Gasteiger partial charge in [-0.05, 0) is 72.9 Å². The Bertz CT molecular complexity index is 1210. The van der Waals surface area contributed by atoms with Gasteiger partial charge in [-0.3, -0.25) is 9.36 Å². The molecule has 0 saturated carbocycles. The summed E-state index contributed by atoms with van der Waals surface area (Å²) in [6, 6.07) is 0. The largest absolute Gasteiger partial charge is 0.256 e.